The van der Waals surface area contributed by atoms with Crippen LogP contribution in [-0.4, -0.2) is 26.6 Å². The van der Waals surface area contributed by atoms with E-state index in [9.17, 15) is 0 Å². The first-order valence-electron chi connectivity index (χ1n) is 5.96. The van der Waals surface area contributed by atoms with Crippen molar-refractivity contribution in [3.05, 3.63) is 48.5 Å². The first-order valence-corrected chi connectivity index (χ1v) is 5.96. The molecule has 1 aromatic carbocycles. The van der Waals surface area contributed by atoms with Crippen molar-refractivity contribution in [3.8, 4) is 0 Å². The van der Waals surface area contributed by atoms with Crippen molar-refractivity contribution in [2.45, 2.75) is 6.54 Å². The van der Waals surface area contributed by atoms with Gasteiger partial charge in [0.1, 0.15) is 6.33 Å². The maximum Gasteiger partial charge on any atom is 0.204 e. The van der Waals surface area contributed by atoms with Crippen molar-refractivity contribution >= 4 is 17.2 Å². The maximum absolute atomic E-state index is 5.60. The first-order chi connectivity index (χ1) is 9.29. The fourth-order valence-electron chi connectivity index (χ4n) is 1.96. The number of benzene rings is 1. The highest BCUT2D eigenvalue weighted by Gasteiger charge is 2.11. The van der Waals surface area contributed by atoms with Gasteiger partial charge in [-0.05, 0) is 17.7 Å². The van der Waals surface area contributed by atoms with Gasteiger partial charge in [-0.3, -0.25) is 4.40 Å². The molecule has 2 heterocycles. The molecule has 0 spiro atoms. The molecule has 6 heteroatoms. The third-order valence-corrected chi connectivity index (χ3v) is 3.07. The van der Waals surface area contributed by atoms with Gasteiger partial charge in [0.25, 0.3) is 0 Å². The van der Waals surface area contributed by atoms with Crippen molar-refractivity contribution in [2.75, 3.05) is 11.9 Å². The van der Waals surface area contributed by atoms with E-state index in [-0.39, 0.29) is 0 Å². The van der Waals surface area contributed by atoms with Gasteiger partial charge >= 0.3 is 0 Å². The third kappa shape index (κ3) is 2.02. The number of rotatable bonds is 3. The Labute approximate surface area is 110 Å². The molecule has 0 atom stereocenters. The van der Waals surface area contributed by atoms with Crippen LogP contribution in [0.3, 0.4) is 0 Å². The second-order valence-electron chi connectivity index (χ2n) is 4.24. The molecule has 0 aliphatic heterocycles. The van der Waals surface area contributed by atoms with Gasteiger partial charge in [-0.15, -0.1) is 10.2 Å². The van der Waals surface area contributed by atoms with Crippen molar-refractivity contribution in [2.24, 2.45) is 5.73 Å². The zero-order valence-corrected chi connectivity index (χ0v) is 10.6. The van der Waals surface area contributed by atoms with Gasteiger partial charge < -0.3 is 10.6 Å². The van der Waals surface area contributed by atoms with Crippen LogP contribution in [0.2, 0.25) is 0 Å². The minimum absolute atomic E-state index is 0.544. The van der Waals surface area contributed by atoms with Crippen LogP contribution in [0.15, 0.2) is 43.0 Å². The van der Waals surface area contributed by atoms with E-state index in [1.165, 1.54) is 0 Å². The normalized spacial score (nSPS) is 10.8. The average Bonchev–Trinajstić information content (AvgIpc) is 2.95. The number of aromatic nitrogens is 4. The van der Waals surface area contributed by atoms with Gasteiger partial charge in [-0.1, -0.05) is 12.1 Å². The Morgan fingerprint density at radius 2 is 2.05 bits per heavy atom. The molecule has 3 aromatic rings. The smallest absolute Gasteiger partial charge is 0.204 e. The van der Waals surface area contributed by atoms with Crippen LogP contribution >= 0.6 is 0 Å². The Hall–Kier alpha value is -2.47. The molecule has 0 aliphatic rings. The first kappa shape index (κ1) is 11.6. The summed E-state index contributed by atoms with van der Waals surface area (Å²) in [6, 6.07) is 8.05. The van der Waals surface area contributed by atoms with Crippen LogP contribution in [0.25, 0.3) is 5.65 Å². The highest BCUT2D eigenvalue weighted by molar-refractivity contribution is 5.71. The monoisotopic (exact) mass is 254 g/mol. The van der Waals surface area contributed by atoms with E-state index in [0.29, 0.717) is 6.54 Å². The van der Waals surface area contributed by atoms with Crippen molar-refractivity contribution < 1.29 is 0 Å². The molecule has 96 valence electrons. The maximum atomic E-state index is 5.60. The van der Waals surface area contributed by atoms with E-state index in [0.717, 1.165) is 22.7 Å². The Balaban J connectivity index is 2.02. The van der Waals surface area contributed by atoms with Crippen LogP contribution in [0.1, 0.15) is 5.56 Å². The van der Waals surface area contributed by atoms with Crippen LogP contribution in [-0.2, 0) is 6.54 Å². The second kappa shape index (κ2) is 4.66. The summed E-state index contributed by atoms with van der Waals surface area (Å²) < 4.78 is 1.84. The lowest BCUT2D eigenvalue weighted by atomic mass is 10.2. The summed E-state index contributed by atoms with van der Waals surface area (Å²) in [6.45, 7) is 0.544. The largest absolute Gasteiger partial charge is 0.326 e. The van der Waals surface area contributed by atoms with Crippen LogP contribution in [0, 0.1) is 0 Å². The van der Waals surface area contributed by atoms with Crippen LogP contribution in [0.4, 0.5) is 11.5 Å². The van der Waals surface area contributed by atoms with Gasteiger partial charge in [-0.25, -0.2) is 4.98 Å². The lowest BCUT2D eigenvalue weighted by molar-refractivity contribution is 1.05. The number of anilines is 2. The molecule has 6 nitrogen and oxygen atoms in total. The van der Waals surface area contributed by atoms with Gasteiger partial charge in [0.05, 0.1) is 0 Å². The minimum Gasteiger partial charge on any atom is -0.326 e. The zero-order valence-electron chi connectivity index (χ0n) is 10.6. The van der Waals surface area contributed by atoms with Gasteiger partial charge in [0.2, 0.25) is 5.65 Å². The fraction of sp³-hybridized carbons (Fsp3) is 0.154. The predicted molar refractivity (Wildman–Crippen MR) is 73.2 cm³/mol. The Morgan fingerprint density at radius 1 is 1.26 bits per heavy atom. The highest BCUT2D eigenvalue weighted by Crippen LogP contribution is 2.24. The molecule has 0 saturated heterocycles. The average molecular weight is 254 g/mol. The number of hydrogen-bond donors (Lipinski definition) is 1. The lowest BCUT2D eigenvalue weighted by Crippen LogP contribution is -2.12. The van der Waals surface area contributed by atoms with E-state index in [1.807, 2.05) is 46.8 Å². The number of hydrogen-bond acceptors (Lipinski definition) is 5. The molecule has 2 N–H and O–H groups in total. The lowest BCUT2D eigenvalue weighted by Gasteiger charge is -2.18. The molecule has 0 unspecified atom stereocenters. The molecule has 0 radical (unpaired) electrons. The molecular weight excluding hydrogens is 240 g/mol. The quantitative estimate of drug-likeness (QED) is 0.763. The topological polar surface area (TPSA) is 72.3 Å². The standard InChI is InChI=1S/C13H14N6/c1-18(11-4-2-10(8-14)3-5-11)12-13-17-16-9-19(13)7-6-15-12/h2-7,9H,8,14H2,1H3. The number of nitrogens with two attached hydrogens (primary N) is 1. The summed E-state index contributed by atoms with van der Waals surface area (Å²) in [5.74, 6) is 0.764. The van der Waals surface area contributed by atoms with Gasteiger partial charge in [0, 0.05) is 31.7 Å². The zero-order chi connectivity index (χ0) is 13.2. The summed E-state index contributed by atoms with van der Waals surface area (Å²) in [6.07, 6.45) is 5.21. The molecule has 0 saturated carbocycles. The summed E-state index contributed by atoms with van der Waals surface area (Å²) in [4.78, 5) is 6.35. The van der Waals surface area contributed by atoms with Gasteiger partial charge in [-0.2, -0.15) is 0 Å². The molecule has 0 aliphatic carbocycles. The fourth-order valence-corrected chi connectivity index (χ4v) is 1.96. The molecular formula is C13H14N6. The summed E-state index contributed by atoms with van der Waals surface area (Å²) >= 11 is 0. The Bertz CT molecular complexity index is 688. The van der Waals surface area contributed by atoms with E-state index in [1.54, 1.807) is 12.5 Å². The molecule has 2 aromatic heterocycles. The van der Waals surface area contributed by atoms with E-state index >= 15 is 0 Å². The molecule has 0 amide bonds. The van der Waals surface area contributed by atoms with E-state index in [4.69, 9.17) is 5.73 Å². The van der Waals surface area contributed by atoms with Crippen LogP contribution < -0.4 is 10.6 Å². The molecule has 19 heavy (non-hydrogen) atoms. The van der Waals surface area contributed by atoms with Gasteiger partial charge in [0.15, 0.2) is 5.82 Å². The summed E-state index contributed by atoms with van der Waals surface area (Å²) in [5, 5.41) is 7.98. The third-order valence-electron chi connectivity index (χ3n) is 3.07. The number of nitrogens with zero attached hydrogens (tertiary/aromatic N) is 5. The summed E-state index contributed by atoms with van der Waals surface area (Å²) in [7, 11) is 1.95. The Morgan fingerprint density at radius 3 is 2.79 bits per heavy atom. The highest BCUT2D eigenvalue weighted by atomic mass is 15.3. The SMILES string of the molecule is CN(c1ccc(CN)cc1)c1nccn2cnnc12. The Kier molecular flexibility index (Phi) is 2.85. The predicted octanol–water partition coefficient (Wildman–Crippen LogP) is 1.35. The number of fused-ring (bicyclic) bond motifs is 1. The second-order valence-corrected chi connectivity index (χ2v) is 4.24. The summed E-state index contributed by atoms with van der Waals surface area (Å²) in [5.41, 5.74) is 8.46. The van der Waals surface area contributed by atoms with Crippen molar-refractivity contribution in [1.82, 2.24) is 19.6 Å². The van der Waals surface area contributed by atoms with E-state index < -0.39 is 0 Å². The molecule has 3 rings (SSSR count). The van der Waals surface area contributed by atoms with Crippen molar-refractivity contribution in [3.63, 3.8) is 0 Å². The molecule has 0 fully saturated rings. The van der Waals surface area contributed by atoms with E-state index in [2.05, 4.69) is 15.2 Å². The minimum atomic E-state index is 0.544. The molecule has 0 bridgehead atoms. The van der Waals surface area contributed by atoms with Crippen LogP contribution in [0.5, 0.6) is 0 Å². The van der Waals surface area contributed by atoms with Crippen molar-refractivity contribution in [1.29, 1.82) is 0 Å².